The van der Waals surface area contributed by atoms with Gasteiger partial charge >= 0.3 is 12.1 Å². The Morgan fingerprint density at radius 1 is 0.806 bits per heavy atom. The normalized spacial score (nSPS) is 10.9. The number of esters is 1. The molecule has 0 aromatic heterocycles. The predicted molar refractivity (Wildman–Crippen MR) is 127 cm³/mol. The monoisotopic (exact) mass is 520 g/mol. The fourth-order valence-electron chi connectivity index (χ4n) is 2.94. The second-order valence-electron chi connectivity index (χ2n) is 7.36. The number of anilines is 2. The van der Waals surface area contributed by atoms with E-state index >= 15 is 0 Å². The molecule has 0 saturated heterocycles. The van der Waals surface area contributed by atoms with Gasteiger partial charge in [0.1, 0.15) is 11.5 Å². The molecule has 11 heteroatoms. The summed E-state index contributed by atoms with van der Waals surface area (Å²) in [6.45, 7) is -0.792. The molecular weight excluding hydrogens is 501 g/mol. The van der Waals surface area contributed by atoms with Gasteiger partial charge < -0.3 is 20.1 Å². The number of ether oxygens (including phenoxy) is 2. The molecule has 0 aliphatic rings. The fourth-order valence-corrected chi connectivity index (χ4v) is 3.12. The van der Waals surface area contributed by atoms with Gasteiger partial charge in [-0.05, 0) is 48.5 Å². The average Bonchev–Trinajstić information content (AvgIpc) is 2.84. The van der Waals surface area contributed by atoms with Crippen LogP contribution in [0.2, 0.25) is 5.02 Å². The molecule has 0 heterocycles. The third kappa shape index (κ3) is 8.02. The number of para-hydroxylation sites is 2. The standard InChI is InChI=1S/C25H20ClF3N2O5/c26-19-6-2-4-8-21(19)36-17-11-9-16(10-12-17)30-22(32)13-14-24(34)35-15-23(33)31-20-7-3-1-5-18(20)25(27,28)29/h1-12H,13-15H2,(H,30,32)(H,31,33). The molecule has 0 bridgehead atoms. The third-order valence-electron chi connectivity index (χ3n) is 4.63. The number of hydrogen-bond donors (Lipinski definition) is 2. The SMILES string of the molecule is O=C(CCC(=O)OCC(=O)Nc1ccccc1C(F)(F)F)Nc1ccc(Oc2ccccc2Cl)cc1. The first kappa shape index (κ1) is 26.6. The Kier molecular flexibility index (Phi) is 8.91. The van der Waals surface area contributed by atoms with Gasteiger partial charge in [-0.3, -0.25) is 14.4 Å². The lowest BCUT2D eigenvalue weighted by Gasteiger charge is -2.13. The molecule has 3 aromatic carbocycles. The van der Waals surface area contributed by atoms with Crippen molar-refractivity contribution in [2.75, 3.05) is 17.2 Å². The van der Waals surface area contributed by atoms with Crippen LogP contribution in [0.1, 0.15) is 18.4 Å². The summed E-state index contributed by atoms with van der Waals surface area (Å²) in [4.78, 5) is 35.8. The van der Waals surface area contributed by atoms with Crippen molar-refractivity contribution >= 4 is 40.8 Å². The molecule has 3 aromatic rings. The van der Waals surface area contributed by atoms with Crippen molar-refractivity contribution in [2.45, 2.75) is 19.0 Å². The fraction of sp³-hybridized carbons (Fsp3) is 0.160. The number of amides is 2. The number of alkyl halides is 3. The number of benzene rings is 3. The molecule has 0 aliphatic heterocycles. The summed E-state index contributed by atoms with van der Waals surface area (Å²) in [6.07, 6.45) is -5.21. The molecule has 2 amide bonds. The zero-order valence-corrected chi connectivity index (χ0v) is 19.4. The summed E-state index contributed by atoms with van der Waals surface area (Å²) in [5.41, 5.74) is -1.01. The molecule has 2 N–H and O–H groups in total. The molecular formula is C25H20ClF3N2O5. The van der Waals surface area contributed by atoms with Crippen molar-refractivity contribution in [1.29, 1.82) is 0 Å². The molecule has 0 spiro atoms. The quantitative estimate of drug-likeness (QED) is 0.335. The second kappa shape index (κ2) is 12.1. The van der Waals surface area contributed by atoms with Crippen molar-refractivity contribution < 1.29 is 37.0 Å². The molecule has 7 nitrogen and oxygen atoms in total. The van der Waals surface area contributed by atoms with E-state index in [2.05, 4.69) is 10.6 Å². The van der Waals surface area contributed by atoms with E-state index < -0.39 is 41.8 Å². The Balaban J connectivity index is 1.40. The first-order valence-corrected chi connectivity index (χ1v) is 10.9. The van der Waals surface area contributed by atoms with E-state index in [4.69, 9.17) is 21.1 Å². The van der Waals surface area contributed by atoms with E-state index in [9.17, 15) is 27.6 Å². The maximum absolute atomic E-state index is 13.0. The first-order chi connectivity index (χ1) is 17.1. The van der Waals surface area contributed by atoms with E-state index in [1.54, 1.807) is 48.5 Å². The Morgan fingerprint density at radius 3 is 2.17 bits per heavy atom. The average molecular weight is 521 g/mol. The van der Waals surface area contributed by atoms with E-state index in [0.29, 0.717) is 22.2 Å². The van der Waals surface area contributed by atoms with Crippen LogP contribution >= 0.6 is 11.6 Å². The van der Waals surface area contributed by atoms with Crippen LogP contribution in [0, 0.1) is 0 Å². The summed E-state index contributed by atoms with van der Waals surface area (Å²) in [5, 5.41) is 5.11. The van der Waals surface area contributed by atoms with Gasteiger partial charge in [0.2, 0.25) is 5.91 Å². The largest absolute Gasteiger partial charge is 0.456 e. The molecule has 0 atom stereocenters. The Hall–Kier alpha value is -4.05. The maximum atomic E-state index is 13.0. The molecule has 0 fully saturated rings. The molecule has 36 heavy (non-hydrogen) atoms. The van der Waals surface area contributed by atoms with Crippen molar-refractivity contribution in [3.63, 3.8) is 0 Å². The topological polar surface area (TPSA) is 93.7 Å². The Labute approximate surface area is 209 Å². The van der Waals surface area contributed by atoms with Crippen LogP contribution in [0.5, 0.6) is 11.5 Å². The number of nitrogens with one attached hydrogen (secondary N) is 2. The molecule has 188 valence electrons. The number of hydrogen-bond acceptors (Lipinski definition) is 5. The van der Waals surface area contributed by atoms with Crippen LogP contribution in [0.4, 0.5) is 24.5 Å². The van der Waals surface area contributed by atoms with Crippen LogP contribution in [0.15, 0.2) is 72.8 Å². The van der Waals surface area contributed by atoms with Gasteiger partial charge in [-0.2, -0.15) is 13.2 Å². The summed E-state index contributed by atoms with van der Waals surface area (Å²) in [5.74, 6) is -1.29. The van der Waals surface area contributed by atoms with Gasteiger partial charge in [-0.25, -0.2) is 0 Å². The lowest BCUT2D eigenvalue weighted by Crippen LogP contribution is -2.23. The Bertz CT molecular complexity index is 1230. The number of rotatable bonds is 9. The number of halogens is 4. The third-order valence-corrected chi connectivity index (χ3v) is 4.94. The summed E-state index contributed by atoms with van der Waals surface area (Å²) < 4.78 is 49.4. The van der Waals surface area contributed by atoms with E-state index in [1.807, 2.05) is 0 Å². The van der Waals surface area contributed by atoms with Crippen LogP contribution in [0.3, 0.4) is 0 Å². The minimum atomic E-state index is -4.66. The lowest BCUT2D eigenvalue weighted by atomic mass is 10.1. The van der Waals surface area contributed by atoms with Crippen LogP contribution in [0.25, 0.3) is 0 Å². The summed E-state index contributed by atoms with van der Waals surface area (Å²) in [7, 11) is 0. The van der Waals surface area contributed by atoms with Gasteiger partial charge in [0.05, 0.1) is 22.7 Å². The molecule has 3 rings (SSSR count). The highest BCUT2D eigenvalue weighted by atomic mass is 35.5. The minimum absolute atomic E-state index is 0.227. The second-order valence-corrected chi connectivity index (χ2v) is 7.76. The van der Waals surface area contributed by atoms with Crippen molar-refractivity contribution in [2.24, 2.45) is 0 Å². The Morgan fingerprint density at radius 2 is 1.47 bits per heavy atom. The molecule has 0 aliphatic carbocycles. The van der Waals surface area contributed by atoms with Gasteiger partial charge in [0, 0.05) is 12.1 Å². The van der Waals surface area contributed by atoms with Crippen LogP contribution < -0.4 is 15.4 Å². The molecule has 0 radical (unpaired) electrons. The summed E-state index contributed by atoms with van der Waals surface area (Å²) in [6, 6.07) is 17.8. The lowest BCUT2D eigenvalue weighted by molar-refractivity contribution is -0.148. The van der Waals surface area contributed by atoms with Crippen molar-refractivity contribution in [1.82, 2.24) is 0 Å². The zero-order valence-electron chi connectivity index (χ0n) is 18.6. The van der Waals surface area contributed by atoms with Crippen molar-refractivity contribution in [3.8, 4) is 11.5 Å². The number of carbonyl (C=O) groups excluding carboxylic acids is 3. The van der Waals surface area contributed by atoms with Gasteiger partial charge in [-0.1, -0.05) is 35.9 Å². The highest BCUT2D eigenvalue weighted by Crippen LogP contribution is 2.34. The molecule has 0 unspecified atom stereocenters. The smallest absolute Gasteiger partial charge is 0.418 e. The van der Waals surface area contributed by atoms with Gasteiger partial charge in [-0.15, -0.1) is 0 Å². The van der Waals surface area contributed by atoms with Crippen molar-refractivity contribution in [3.05, 3.63) is 83.4 Å². The van der Waals surface area contributed by atoms with Gasteiger partial charge in [0.15, 0.2) is 6.61 Å². The molecule has 0 saturated carbocycles. The first-order valence-electron chi connectivity index (χ1n) is 10.6. The highest BCUT2D eigenvalue weighted by molar-refractivity contribution is 6.32. The van der Waals surface area contributed by atoms with Gasteiger partial charge in [0.25, 0.3) is 5.91 Å². The highest BCUT2D eigenvalue weighted by Gasteiger charge is 2.33. The minimum Gasteiger partial charge on any atom is -0.456 e. The number of carbonyl (C=O) groups is 3. The van der Waals surface area contributed by atoms with E-state index in [-0.39, 0.29) is 12.8 Å². The van der Waals surface area contributed by atoms with E-state index in [1.165, 1.54) is 12.1 Å². The predicted octanol–water partition coefficient (Wildman–Crippen LogP) is 6.05. The maximum Gasteiger partial charge on any atom is 0.418 e. The van der Waals surface area contributed by atoms with E-state index in [0.717, 1.165) is 12.1 Å². The zero-order chi connectivity index (χ0) is 26.1. The summed E-state index contributed by atoms with van der Waals surface area (Å²) >= 11 is 6.05. The van der Waals surface area contributed by atoms with Crippen LogP contribution in [-0.4, -0.2) is 24.4 Å². The van der Waals surface area contributed by atoms with Crippen LogP contribution in [-0.2, 0) is 25.3 Å².